The number of aromatic nitrogens is 1. The molecule has 33 heavy (non-hydrogen) atoms. The van der Waals surface area contributed by atoms with Crippen LogP contribution in [0.3, 0.4) is 0 Å². The van der Waals surface area contributed by atoms with E-state index in [1.54, 1.807) is 23.1 Å². The molecule has 0 saturated carbocycles. The molecule has 3 aromatic rings. The monoisotopic (exact) mass is 468 g/mol. The van der Waals surface area contributed by atoms with Crippen molar-refractivity contribution < 1.29 is 14.1 Å². The Kier molecular flexibility index (Phi) is 5.93. The van der Waals surface area contributed by atoms with E-state index in [0.29, 0.717) is 35.1 Å². The number of amides is 1. The summed E-state index contributed by atoms with van der Waals surface area (Å²) in [4.78, 5) is 33.0. The zero-order valence-electron chi connectivity index (χ0n) is 18.2. The third kappa shape index (κ3) is 4.39. The number of anilines is 1. The molecule has 0 spiro atoms. The van der Waals surface area contributed by atoms with Crippen LogP contribution < -0.4 is 4.90 Å². The minimum Gasteiger partial charge on any atom is -0.440 e. The van der Waals surface area contributed by atoms with Gasteiger partial charge in [-0.1, -0.05) is 11.6 Å². The highest BCUT2D eigenvalue weighted by Gasteiger charge is 2.30. The van der Waals surface area contributed by atoms with Gasteiger partial charge in [-0.25, -0.2) is 4.98 Å². The number of non-ortho nitro benzene ring substituents is 1. The molecule has 1 aromatic heterocycles. The first-order chi connectivity index (χ1) is 16.0. The predicted octanol–water partition coefficient (Wildman–Crippen LogP) is 5.40. The zero-order chi connectivity index (χ0) is 22.9. The number of nitro benzene ring substituents is 1. The van der Waals surface area contributed by atoms with Crippen molar-refractivity contribution in [2.75, 3.05) is 31.1 Å². The SMILES string of the molecule is O=C(c1cc([N+](=O)[O-])ccc1N1CCCCC1)N1CCC(c2nc3cc(Cl)ccc3o2)CC1. The van der Waals surface area contributed by atoms with Crippen molar-refractivity contribution in [3.05, 3.63) is 63.0 Å². The number of halogens is 1. The van der Waals surface area contributed by atoms with Crippen LogP contribution in [0.15, 0.2) is 40.8 Å². The van der Waals surface area contributed by atoms with E-state index in [2.05, 4.69) is 9.88 Å². The summed E-state index contributed by atoms with van der Waals surface area (Å²) >= 11 is 6.05. The highest BCUT2D eigenvalue weighted by atomic mass is 35.5. The molecular weight excluding hydrogens is 444 g/mol. The topological polar surface area (TPSA) is 92.7 Å². The lowest BCUT2D eigenvalue weighted by Gasteiger charge is -2.34. The molecule has 0 aliphatic carbocycles. The molecule has 2 fully saturated rings. The molecule has 0 bridgehead atoms. The standard InChI is InChI=1S/C24H25ClN4O4/c25-17-4-7-22-20(14-17)26-23(33-22)16-8-12-28(13-9-16)24(30)19-15-18(29(31)32)5-6-21(19)27-10-2-1-3-11-27/h4-7,14-16H,1-3,8-13H2. The Morgan fingerprint density at radius 3 is 2.55 bits per heavy atom. The van der Waals surface area contributed by atoms with Gasteiger partial charge >= 0.3 is 0 Å². The summed E-state index contributed by atoms with van der Waals surface area (Å²) < 4.78 is 5.93. The summed E-state index contributed by atoms with van der Waals surface area (Å²) in [6, 6.07) is 10.0. The maximum Gasteiger partial charge on any atom is 0.270 e. The highest BCUT2D eigenvalue weighted by Crippen LogP contribution is 2.33. The Morgan fingerprint density at radius 2 is 1.82 bits per heavy atom. The molecule has 9 heteroatoms. The first-order valence-corrected chi connectivity index (χ1v) is 11.8. The normalized spacial score (nSPS) is 17.5. The molecule has 0 atom stereocenters. The maximum atomic E-state index is 13.5. The first-order valence-electron chi connectivity index (χ1n) is 11.4. The summed E-state index contributed by atoms with van der Waals surface area (Å²) in [5.41, 5.74) is 2.60. The van der Waals surface area contributed by atoms with Gasteiger partial charge in [0.1, 0.15) is 5.52 Å². The number of nitro groups is 1. The number of piperidine rings is 2. The Balaban J connectivity index is 1.34. The number of carbonyl (C=O) groups is 1. The minimum atomic E-state index is -0.442. The quantitative estimate of drug-likeness (QED) is 0.376. The first kappa shape index (κ1) is 21.7. The Labute approximate surface area is 196 Å². The van der Waals surface area contributed by atoms with E-state index < -0.39 is 4.92 Å². The number of benzene rings is 2. The second kappa shape index (κ2) is 9.02. The fraction of sp³-hybridized carbons (Fsp3) is 0.417. The van der Waals surface area contributed by atoms with Gasteiger partial charge in [-0.3, -0.25) is 14.9 Å². The van der Waals surface area contributed by atoms with E-state index in [1.165, 1.54) is 18.6 Å². The van der Waals surface area contributed by atoms with Crippen LogP contribution in [0.2, 0.25) is 5.02 Å². The van der Waals surface area contributed by atoms with E-state index in [1.807, 2.05) is 6.07 Å². The van der Waals surface area contributed by atoms with Crippen molar-refractivity contribution in [2.45, 2.75) is 38.0 Å². The number of hydrogen-bond donors (Lipinski definition) is 0. The average molecular weight is 469 g/mol. The summed E-state index contributed by atoms with van der Waals surface area (Å²) in [7, 11) is 0. The molecule has 2 aromatic carbocycles. The van der Waals surface area contributed by atoms with Gasteiger partial charge in [0.2, 0.25) is 0 Å². The smallest absolute Gasteiger partial charge is 0.270 e. The lowest BCUT2D eigenvalue weighted by atomic mass is 9.96. The number of oxazole rings is 1. The molecule has 8 nitrogen and oxygen atoms in total. The van der Waals surface area contributed by atoms with Gasteiger partial charge in [-0.2, -0.15) is 0 Å². The zero-order valence-corrected chi connectivity index (χ0v) is 19.0. The molecule has 0 radical (unpaired) electrons. The lowest BCUT2D eigenvalue weighted by Crippen LogP contribution is -2.39. The molecule has 5 rings (SSSR count). The van der Waals surface area contributed by atoms with E-state index >= 15 is 0 Å². The maximum absolute atomic E-state index is 13.5. The Hall–Kier alpha value is -3.13. The third-order valence-electron chi connectivity index (χ3n) is 6.62. The average Bonchev–Trinajstić information content (AvgIpc) is 3.27. The van der Waals surface area contributed by atoms with Crippen LogP contribution in [-0.2, 0) is 0 Å². The fourth-order valence-corrected chi connectivity index (χ4v) is 4.98. The van der Waals surface area contributed by atoms with Crippen LogP contribution in [0.1, 0.15) is 54.3 Å². The lowest BCUT2D eigenvalue weighted by molar-refractivity contribution is -0.384. The van der Waals surface area contributed by atoms with Crippen molar-refractivity contribution in [3.63, 3.8) is 0 Å². The van der Waals surface area contributed by atoms with Crippen LogP contribution in [0.5, 0.6) is 0 Å². The highest BCUT2D eigenvalue weighted by molar-refractivity contribution is 6.31. The van der Waals surface area contributed by atoms with Crippen molar-refractivity contribution >= 4 is 40.0 Å². The summed E-state index contributed by atoms with van der Waals surface area (Å²) in [5.74, 6) is 0.637. The van der Waals surface area contributed by atoms with E-state index in [9.17, 15) is 14.9 Å². The van der Waals surface area contributed by atoms with Crippen LogP contribution in [0.25, 0.3) is 11.1 Å². The number of carbonyl (C=O) groups excluding carboxylic acids is 1. The van der Waals surface area contributed by atoms with Gasteiger partial charge < -0.3 is 14.2 Å². The minimum absolute atomic E-state index is 0.0564. The van der Waals surface area contributed by atoms with Gasteiger partial charge in [-0.15, -0.1) is 0 Å². The Morgan fingerprint density at radius 1 is 1.06 bits per heavy atom. The van der Waals surface area contributed by atoms with Crippen LogP contribution >= 0.6 is 11.6 Å². The third-order valence-corrected chi connectivity index (χ3v) is 6.85. The summed E-state index contributed by atoms with van der Waals surface area (Å²) in [6.45, 7) is 2.82. The van der Waals surface area contributed by atoms with Gasteiger partial charge in [-0.05, 0) is 56.4 Å². The van der Waals surface area contributed by atoms with Crippen molar-refractivity contribution in [1.82, 2.24) is 9.88 Å². The molecule has 172 valence electrons. The van der Waals surface area contributed by atoms with Gasteiger partial charge in [0.25, 0.3) is 11.6 Å². The van der Waals surface area contributed by atoms with Crippen LogP contribution in [0, 0.1) is 10.1 Å². The molecule has 1 amide bonds. The molecule has 0 N–H and O–H groups in total. The summed E-state index contributed by atoms with van der Waals surface area (Å²) in [5, 5.41) is 12.0. The second-order valence-corrected chi connectivity index (χ2v) is 9.17. The van der Waals surface area contributed by atoms with E-state index in [-0.39, 0.29) is 17.5 Å². The number of hydrogen-bond acceptors (Lipinski definition) is 6. The van der Waals surface area contributed by atoms with Crippen molar-refractivity contribution in [1.29, 1.82) is 0 Å². The number of fused-ring (bicyclic) bond motifs is 1. The number of rotatable bonds is 4. The van der Waals surface area contributed by atoms with Crippen LogP contribution in [-0.4, -0.2) is 46.9 Å². The number of nitrogens with zero attached hydrogens (tertiary/aromatic N) is 4. The van der Waals surface area contributed by atoms with Gasteiger partial charge in [0.05, 0.1) is 16.2 Å². The fourth-order valence-electron chi connectivity index (χ4n) is 4.81. The second-order valence-electron chi connectivity index (χ2n) is 8.74. The van der Waals surface area contributed by atoms with Crippen LogP contribution in [0.4, 0.5) is 11.4 Å². The molecule has 2 aliphatic heterocycles. The molecule has 2 aliphatic rings. The van der Waals surface area contributed by atoms with E-state index in [0.717, 1.165) is 50.0 Å². The Bertz CT molecular complexity index is 1200. The predicted molar refractivity (Wildman–Crippen MR) is 126 cm³/mol. The van der Waals surface area contributed by atoms with E-state index in [4.69, 9.17) is 16.0 Å². The summed E-state index contributed by atoms with van der Waals surface area (Å²) in [6.07, 6.45) is 4.74. The molecule has 3 heterocycles. The molecule has 0 unspecified atom stereocenters. The molecule has 2 saturated heterocycles. The number of likely N-dealkylation sites (tertiary alicyclic amines) is 1. The van der Waals surface area contributed by atoms with Gasteiger partial charge in [0.15, 0.2) is 11.5 Å². The largest absolute Gasteiger partial charge is 0.440 e. The molecular formula is C24H25ClN4O4. The van der Waals surface area contributed by atoms with Gasteiger partial charge in [0, 0.05) is 49.3 Å². The van der Waals surface area contributed by atoms with Crippen molar-refractivity contribution in [2.24, 2.45) is 0 Å². The van der Waals surface area contributed by atoms with Crippen molar-refractivity contribution in [3.8, 4) is 0 Å².